The van der Waals surface area contributed by atoms with Crippen LogP contribution >= 0.6 is 11.3 Å². The molecule has 142 valence electrons. The molecule has 0 aliphatic heterocycles. The fraction of sp³-hybridized carbons (Fsp3) is 0.350. The SMILES string of the molecule is N#CCCCn1c(Cc2ccc([N+](=O)[O-])cc2)nc2sc3c(c2c1=O)CCC3. The van der Waals surface area contributed by atoms with Crippen molar-refractivity contribution in [3.63, 3.8) is 0 Å². The molecule has 0 atom stereocenters. The minimum absolute atomic E-state index is 0.0285. The van der Waals surface area contributed by atoms with Crippen molar-refractivity contribution in [3.8, 4) is 6.07 Å². The summed E-state index contributed by atoms with van der Waals surface area (Å²) in [6.07, 6.45) is 4.38. The second-order valence-electron chi connectivity index (χ2n) is 6.88. The van der Waals surface area contributed by atoms with Crippen LogP contribution in [0.25, 0.3) is 10.2 Å². The number of nitro groups is 1. The number of aromatic nitrogens is 2. The van der Waals surface area contributed by atoms with E-state index in [1.807, 2.05) is 0 Å². The lowest BCUT2D eigenvalue weighted by Crippen LogP contribution is -2.26. The lowest BCUT2D eigenvalue weighted by atomic mass is 10.1. The molecule has 2 heterocycles. The van der Waals surface area contributed by atoms with Crippen LogP contribution in [-0.2, 0) is 25.8 Å². The minimum Gasteiger partial charge on any atom is -0.296 e. The van der Waals surface area contributed by atoms with E-state index in [1.54, 1.807) is 28.0 Å². The topological polar surface area (TPSA) is 102 Å². The van der Waals surface area contributed by atoms with Crippen LogP contribution in [0.15, 0.2) is 29.1 Å². The smallest absolute Gasteiger partial charge is 0.269 e. The van der Waals surface area contributed by atoms with Gasteiger partial charge in [-0.1, -0.05) is 12.1 Å². The van der Waals surface area contributed by atoms with Gasteiger partial charge in [0.2, 0.25) is 0 Å². The number of non-ortho nitro benzene ring substituents is 1. The Kier molecular flexibility index (Phi) is 4.92. The van der Waals surface area contributed by atoms with Crippen molar-refractivity contribution in [2.75, 3.05) is 0 Å². The summed E-state index contributed by atoms with van der Waals surface area (Å²) in [6.45, 7) is 0.447. The monoisotopic (exact) mass is 394 g/mol. The Balaban J connectivity index is 1.77. The first-order valence-corrected chi connectivity index (χ1v) is 10.0. The first-order chi connectivity index (χ1) is 13.6. The van der Waals surface area contributed by atoms with E-state index in [0.29, 0.717) is 31.6 Å². The molecule has 8 heteroatoms. The first kappa shape index (κ1) is 18.3. The number of thiophene rings is 1. The predicted molar refractivity (Wildman–Crippen MR) is 107 cm³/mol. The molecule has 3 aromatic rings. The highest BCUT2D eigenvalue weighted by atomic mass is 32.1. The zero-order valence-corrected chi connectivity index (χ0v) is 16.0. The molecule has 0 saturated heterocycles. The maximum absolute atomic E-state index is 13.3. The van der Waals surface area contributed by atoms with Gasteiger partial charge in [-0.2, -0.15) is 5.26 Å². The molecule has 1 aliphatic rings. The highest BCUT2D eigenvalue weighted by Gasteiger charge is 2.23. The molecule has 1 aliphatic carbocycles. The maximum atomic E-state index is 13.3. The van der Waals surface area contributed by atoms with E-state index in [1.165, 1.54) is 17.0 Å². The molecule has 0 bridgehead atoms. The van der Waals surface area contributed by atoms with Gasteiger partial charge in [-0.15, -0.1) is 11.3 Å². The third-order valence-corrected chi connectivity index (χ3v) is 6.27. The number of nitro benzene ring substituents is 1. The van der Waals surface area contributed by atoms with Crippen molar-refractivity contribution in [2.45, 2.75) is 45.1 Å². The maximum Gasteiger partial charge on any atom is 0.269 e. The fourth-order valence-corrected chi connectivity index (χ4v) is 4.99. The van der Waals surface area contributed by atoms with Crippen molar-refractivity contribution in [3.05, 3.63) is 66.6 Å². The van der Waals surface area contributed by atoms with E-state index in [0.717, 1.165) is 40.6 Å². The molecule has 0 spiro atoms. The zero-order chi connectivity index (χ0) is 19.7. The number of rotatable bonds is 6. The second kappa shape index (κ2) is 7.52. The molecular formula is C20H18N4O3S. The van der Waals surface area contributed by atoms with Gasteiger partial charge < -0.3 is 0 Å². The van der Waals surface area contributed by atoms with Crippen molar-refractivity contribution >= 4 is 27.2 Å². The van der Waals surface area contributed by atoms with Crippen LogP contribution in [-0.4, -0.2) is 14.5 Å². The molecule has 4 rings (SSSR count). The Morgan fingerprint density at radius 2 is 2.07 bits per heavy atom. The third-order valence-electron chi connectivity index (χ3n) is 5.08. The van der Waals surface area contributed by atoms with Gasteiger partial charge >= 0.3 is 0 Å². The molecule has 2 aromatic heterocycles. The van der Waals surface area contributed by atoms with Crippen LogP contribution in [0.3, 0.4) is 0 Å². The minimum atomic E-state index is -0.431. The molecule has 0 N–H and O–H groups in total. The van der Waals surface area contributed by atoms with Gasteiger partial charge in [0.25, 0.3) is 11.2 Å². The van der Waals surface area contributed by atoms with E-state index in [4.69, 9.17) is 10.2 Å². The van der Waals surface area contributed by atoms with E-state index in [9.17, 15) is 14.9 Å². The van der Waals surface area contributed by atoms with Crippen LogP contribution in [0.4, 0.5) is 5.69 Å². The van der Waals surface area contributed by atoms with E-state index in [-0.39, 0.29) is 11.2 Å². The normalized spacial score (nSPS) is 12.8. The van der Waals surface area contributed by atoms with Crippen LogP contribution in [0.2, 0.25) is 0 Å². The molecule has 1 aromatic carbocycles. The molecule has 0 unspecified atom stereocenters. The van der Waals surface area contributed by atoms with Crippen molar-refractivity contribution in [2.24, 2.45) is 0 Å². The number of hydrogen-bond acceptors (Lipinski definition) is 6. The Hall–Kier alpha value is -3.05. The summed E-state index contributed by atoms with van der Waals surface area (Å²) in [4.78, 5) is 30.5. The summed E-state index contributed by atoms with van der Waals surface area (Å²) >= 11 is 1.60. The summed E-state index contributed by atoms with van der Waals surface area (Å²) in [5.41, 5.74) is 2.01. The molecule has 7 nitrogen and oxygen atoms in total. The van der Waals surface area contributed by atoms with E-state index >= 15 is 0 Å². The van der Waals surface area contributed by atoms with Crippen molar-refractivity contribution in [1.29, 1.82) is 5.26 Å². The Morgan fingerprint density at radius 1 is 1.29 bits per heavy atom. The third kappa shape index (κ3) is 3.29. The molecule has 28 heavy (non-hydrogen) atoms. The number of nitrogens with zero attached hydrogens (tertiary/aromatic N) is 4. The van der Waals surface area contributed by atoms with E-state index < -0.39 is 4.92 Å². The molecule has 0 radical (unpaired) electrons. The van der Waals surface area contributed by atoms with Gasteiger partial charge in [-0.05, 0) is 36.8 Å². The molecule has 0 saturated carbocycles. The molecule has 0 amide bonds. The van der Waals surface area contributed by atoms with Gasteiger partial charge in [0.15, 0.2) is 0 Å². The summed E-state index contributed by atoms with van der Waals surface area (Å²) in [6, 6.07) is 8.44. The Bertz CT molecular complexity index is 1160. The van der Waals surface area contributed by atoms with Gasteiger partial charge in [0, 0.05) is 36.4 Å². The van der Waals surface area contributed by atoms with Crippen molar-refractivity contribution < 1.29 is 4.92 Å². The summed E-state index contributed by atoms with van der Waals surface area (Å²) < 4.78 is 1.69. The lowest BCUT2D eigenvalue weighted by Gasteiger charge is -2.12. The van der Waals surface area contributed by atoms with Crippen LogP contribution in [0, 0.1) is 21.4 Å². The average molecular weight is 394 g/mol. The van der Waals surface area contributed by atoms with E-state index in [2.05, 4.69) is 6.07 Å². The summed E-state index contributed by atoms with van der Waals surface area (Å²) in [5.74, 6) is 0.643. The van der Waals surface area contributed by atoms with Crippen molar-refractivity contribution in [1.82, 2.24) is 9.55 Å². The fourth-order valence-electron chi connectivity index (χ4n) is 3.72. The lowest BCUT2D eigenvalue weighted by molar-refractivity contribution is -0.384. The molecule has 0 fully saturated rings. The summed E-state index contributed by atoms with van der Waals surface area (Å²) in [7, 11) is 0. The number of fused-ring (bicyclic) bond motifs is 3. The standard InChI is InChI=1S/C20H18N4O3S/c21-10-1-2-11-23-17(12-13-6-8-14(9-7-13)24(26)27)22-19-18(20(23)25)15-4-3-5-16(15)28-19/h6-9H,1-5,11-12H2. The Morgan fingerprint density at radius 3 is 2.79 bits per heavy atom. The van der Waals surface area contributed by atoms with Gasteiger partial charge in [-0.25, -0.2) is 4.98 Å². The average Bonchev–Trinajstić information content (AvgIpc) is 3.25. The van der Waals surface area contributed by atoms with Gasteiger partial charge in [0.1, 0.15) is 10.7 Å². The number of hydrogen-bond donors (Lipinski definition) is 0. The highest BCUT2D eigenvalue weighted by Crippen LogP contribution is 2.35. The second-order valence-corrected chi connectivity index (χ2v) is 7.97. The highest BCUT2D eigenvalue weighted by molar-refractivity contribution is 7.18. The number of benzene rings is 1. The van der Waals surface area contributed by atoms with Crippen LogP contribution in [0.5, 0.6) is 0 Å². The zero-order valence-electron chi connectivity index (χ0n) is 15.2. The van der Waals surface area contributed by atoms with Gasteiger partial charge in [-0.3, -0.25) is 19.5 Å². The predicted octanol–water partition coefficient (Wildman–Crippen LogP) is 3.75. The largest absolute Gasteiger partial charge is 0.296 e. The Labute approximate surface area is 165 Å². The van der Waals surface area contributed by atoms with Gasteiger partial charge in [0.05, 0.1) is 16.4 Å². The quantitative estimate of drug-likeness (QED) is 0.360. The first-order valence-electron chi connectivity index (χ1n) is 9.22. The number of nitriles is 1. The number of unbranched alkanes of at least 4 members (excludes halogenated alkanes) is 1. The van der Waals surface area contributed by atoms with Crippen LogP contribution in [0.1, 0.15) is 41.1 Å². The molecular weight excluding hydrogens is 376 g/mol. The van der Waals surface area contributed by atoms with Crippen LogP contribution < -0.4 is 5.56 Å². The number of aryl methyl sites for hydroxylation is 2. The summed E-state index contributed by atoms with van der Waals surface area (Å²) in [5, 5.41) is 20.4.